The summed E-state index contributed by atoms with van der Waals surface area (Å²) < 4.78 is 5.37. The van der Waals surface area contributed by atoms with Crippen LogP contribution < -0.4 is 9.64 Å². The maximum Gasteiger partial charge on any atom is 0.228 e. The summed E-state index contributed by atoms with van der Waals surface area (Å²) in [5, 5.41) is 10.0. The highest BCUT2D eigenvalue weighted by atomic mass is 16.5. The molecule has 2 heterocycles. The minimum Gasteiger partial charge on any atom is -0.478 e. The van der Waals surface area contributed by atoms with Crippen LogP contribution in [0, 0.1) is 5.92 Å². The van der Waals surface area contributed by atoms with Crippen molar-refractivity contribution in [3.8, 4) is 5.88 Å². The summed E-state index contributed by atoms with van der Waals surface area (Å²) in [6.45, 7) is 7.92. The van der Waals surface area contributed by atoms with Crippen molar-refractivity contribution >= 4 is 5.95 Å². The van der Waals surface area contributed by atoms with Crippen molar-refractivity contribution in [3.05, 3.63) is 12.3 Å². The van der Waals surface area contributed by atoms with Gasteiger partial charge in [0.1, 0.15) is 0 Å². The van der Waals surface area contributed by atoms with Crippen LogP contribution in [0.3, 0.4) is 0 Å². The molecule has 0 saturated carbocycles. The van der Waals surface area contributed by atoms with Gasteiger partial charge in [-0.15, -0.1) is 0 Å². The molecule has 5 nitrogen and oxygen atoms in total. The largest absolute Gasteiger partial charge is 0.478 e. The van der Waals surface area contributed by atoms with E-state index in [1.165, 1.54) is 0 Å². The van der Waals surface area contributed by atoms with Gasteiger partial charge in [0.15, 0.2) is 0 Å². The average molecular weight is 251 g/mol. The van der Waals surface area contributed by atoms with Crippen LogP contribution in [-0.4, -0.2) is 40.4 Å². The summed E-state index contributed by atoms with van der Waals surface area (Å²) in [7, 11) is 0. The topological polar surface area (TPSA) is 58.5 Å². The van der Waals surface area contributed by atoms with Crippen molar-refractivity contribution in [1.29, 1.82) is 0 Å². The van der Waals surface area contributed by atoms with Gasteiger partial charge in [0.25, 0.3) is 0 Å². The lowest BCUT2D eigenvalue weighted by Crippen LogP contribution is -2.33. The number of aromatic nitrogens is 2. The molecule has 1 N–H and O–H groups in total. The molecule has 1 saturated heterocycles. The Bertz CT molecular complexity index is 403. The van der Waals surface area contributed by atoms with E-state index in [0.29, 0.717) is 18.4 Å². The van der Waals surface area contributed by atoms with E-state index >= 15 is 0 Å². The van der Waals surface area contributed by atoms with Crippen molar-refractivity contribution in [2.75, 3.05) is 24.6 Å². The number of rotatable bonds is 4. The molecule has 0 spiro atoms. The Balaban J connectivity index is 2.07. The number of hydrogen-bond acceptors (Lipinski definition) is 5. The molecule has 0 amide bonds. The first-order valence-corrected chi connectivity index (χ1v) is 6.44. The first-order valence-electron chi connectivity index (χ1n) is 6.44. The lowest BCUT2D eigenvalue weighted by atomic mass is 9.91. The molecular formula is C13H21N3O2. The van der Waals surface area contributed by atoms with Gasteiger partial charge in [-0.05, 0) is 27.2 Å². The van der Waals surface area contributed by atoms with E-state index in [-0.39, 0.29) is 5.92 Å². The third kappa shape index (κ3) is 2.90. The quantitative estimate of drug-likeness (QED) is 0.878. The molecule has 1 atom stereocenters. The summed E-state index contributed by atoms with van der Waals surface area (Å²) in [5.74, 6) is 1.55. The van der Waals surface area contributed by atoms with Crippen molar-refractivity contribution in [1.82, 2.24) is 9.97 Å². The summed E-state index contributed by atoms with van der Waals surface area (Å²) in [4.78, 5) is 10.7. The maximum absolute atomic E-state index is 10.0. The fraction of sp³-hybridized carbons (Fsp3) is 0.692. The van der Waals surface area contributed by atoms with Crippen LogP contribution in [0.15, 0.2) is 12.3 Å². The number of hydrogen-bond donors (Lipinski definition) is 1. The Labute approximate surface area is 108 Å². The van der Waals surface area contributed by atoms with Crippen molar-refractivity contribution in [2.24, 2.45) is 5.92 Å². The fourth-order valence-electron chi connectivity index (χ4n) is 2.23. The number of nitrogens with zero attached hydrogens (tertiary/aromatic N) is 3. The van der Waals surface area contributed by atoms with Crippen LogP contribution in [0.1, 0.15) is 27.2 Å². The first-order chi connectivity index (χ1) is 8.50. The van der Waals surface area contributed by atoms with Crippen molar-refractivity contribution in [2.45, 2.75) is 32.8 Å². The molecule has 2 rings (SSSR count). The van der Waals surface area contributed by atoms with Gasteiger partial charge < -0.3 is 14.7 Å². The molecule has 0 bridgehead atoms. The molecule has 1 aromatic rings. The van der Waals surface area contributed by atoms with Crippen LogP contribution in [0.5, 0.6) is 5.88 Å². The molecule has 18 heavy (non-hydrogen) atoms. The van der Waals surface area contributed by atoms with E-state index in [0.717, 1.165) is 19.5 Å². The highest BCUT2D eigenvalue weighted by Crippen LogP contribution is 2.29. The minimum absolute atomic E-state index is 0.261. The summed E-state index contributed by atoms with van der Waals surface area (Å²) >= 11 is 0. The summed E-state index contributed by atoms with van der Waals surface area (Å²) in [5.41, 5.74) is -0.647. The molecular weight excluding hydrogens is 230 g/mol. The Morgan fingerprint density at radius 3 is 2.94 bits per heavy atom. The molecule has 0 aliphatic carbocycles. The van der Waals surface area contributed by atoms with E-state index in [1.807, 2.05) is 20.8 Å². The van der Waals surface area contributed by atoms with Crippen LogP contribution in [-0.2, 0) is 0 Å². The smallest absolute Gasteiger partial charge is 0.228 e. The van der Waals surface area contributed by atoms with Gasteiger partial charge in [0.05, 0.1) is 12.2 Å². The van der Waals surface area contributed by atoms with Crippen molar-refractivity contribution < 1.29 is 9.84 Å². The van der Waals surface area contributed by atoms with Crippen LogP contribution in [0.4, 0.5) is 5.95 Å². The molecule has 5 heteroatoms. The standard InChI is InChI=1S/C13H21N3O2/c1-4-18-11-5-7-14-12(15-11)16-8-6-10(9-16)13(2,3)17/h5,7,10,17H,4,6,8-9H2,1-3H3/t10-/m1/s1. The minimum atomic E-state index is -0.647. The second kappa shape index (κ2) is 5.10. The number of aliphatic hydroxyl groups is 1. The third-order valence-electron chi connectivity index (χ3n) is 3.38. The Morgan fingerprint density at radius 2 is 2.33 bits per heavy atom. The second-order valence-corrected chi connectivity index (χ2v) is 5.21. The number of ether oxygens (including phenoxy) is 1. The van der Waals surface area contributed by atoms with Gasteiger partial charge in [-0.3, -0.25) is 0 Å². The SMILES string of the molecule is CCOc1ccnc(N2CC[C@@H](C(C)(C)O)C2)n1. The average Bonchev–Trinajstić information content (AvgIpc) is 2.78. The molecule has 0 radical (unpaired) electrons. The molecule has 0 unspecified atom stereocenters. The predicted molar refractivity (Wildman–Crippen MR) is 69.8 cm³/mol. The number of anilines is 1. The maximum atomic E-state index is 10.0. The highest BCUT2D eigenvalue weighted by Gasteiger charge is 2.34. The van der Waals surface area contributed by atoms with E-state index in [9.17, 15) is 5.11 Å². The van der Waals surface area contributed by atoms with Crippen LogP contribution in [0.25, 0.3) is 0 Å². The Hall–Kier alpha value is -1.36. The summed E-state index contributed by atoms with van der Waals surface area (Å²) in [6.07, 6.45) is 2.68. The normalized spacial score (nSPS) is 20.2. The lowest BCUT2D eigenvalue weighted by molar-refractivity contribution is 0.0263. The zero-order chi connectivity index (χ0) is 13.2. The monoisotopic (exact) mass is 251 g/mol. The van der Waals surface area contributed by atoms with E-state index in [1.54, 1.807) is 12.3 Å². The Kier molecular flexibility index (Phi) is 3.71. The van der Waals surface area contributed by atoms with E-state index < -0.39 is 5.60 Å². The second-order valence-electron chi connectivity index (χ2n) is 5.21. The zero-order valence-electron chi connectivity index (χ0n) is 11.3. The van der Waals surface area contributed by atoms with Gasteiger partial charge in [-0.1, -0.05) is 0 Å². The zero-order valence-corrected chi connectivity index (χ0v) is 11.3. The van der Waals surface area contributed by atoms with E-state index in [2.05, 4.69) is 14.9 Å². The molecule has 1 aliphatic heterocycles. The molecule has 100 valence electrons. The van der Waals surface area contributed by atoms with E-state index in [4.69, 9.17) is 4.74 Å². The Morgan fingerprint density at radius 1 is 1.56 bits per heavy atom. The van der Waals surface area contributed by atoms with Gasteiger partial charge >= 0.3 is 0 Å². The van der Waals surface area contributed by atoms with Gasteiger partial charge in [0.2, 0.25) is 11.8 Å². The van der Waals surface area contributed by atoms with Crippen molar-refractivity contribution in [3.63, 3.8) is 0 Å². The highest BCUT2D eigenvalue weighted by molar-refractivity contribution is 5.33. The van der Waals surface area contributed by atoms with Gasteiger partial charge in [0, 0.05) is 31.3 Å². The lowest BCUT2D eigenvalue weighted by Gasteiger charge is -2.25. The fourth-order valence-corrected chi connectivity index (χ4v) is 2.23. The molecule has 1 aromatic heterocycles. The van der Waals surface area contributed by atoms with Gasteiger partial charge in [-0.2, -0.15) is 4.98 Å². The summed E-state index contributed by atoms with van der Waals surface area (Å²) in [6, 6.07) is 1.76. The first kappa shape index (κ1) is 13.1. The van der Waals surface area contributed by atoms with Crippen LogP contribution >= 0.6 is 0 Å². The van der Waals surface area contributed by atoms with Gasteiger partial charge in [-0.25, -0.2) is 4.98 Å². The molecule has 1 fully saturated rings. The third-order valence-corrected chi connectivity index (χ3v) is 3.38. The predicted octanol–water partition coefficient (Wildman–Crippen LogP) is 1.47. The molecule has 1 aliphatic rings. The molecule has 0 aromatic carbocycles. The van der Waals surface area contributed by atoms with Crippen LogP contribution in [0.2, 0.25) is 0 Å².